The minimum absolute atomic E-state index is 0.215. The molecule has 0 atom stereocenters. The third kappa shape index (κ3) is 5.33. The van der Waals surface area contributed by atoms with E-state index < -0.39 is 0 Å². The molecule has 3 heteroatoms. The monoisotopic (exact) mass is 292 g/mol. The molecule has 0 aromatic heterocycles. The van der Waals surface area contributed by atoms with Crippen molar-refractivity contribution in [2.45, 2.75) is 52.2 Å². The van der Waals surface area contributed by atoms with Crippen LogP contribution in [0.25, 0.3) is 0 Å². The lowest BCUT2D eigenvalue weighted by Gasteiger charge is -2.29. The van der Waals surface area contributed by atoms with Gasteiger partial charge in [-0.2, -0.15) is 0 Å². The topological polar surface area (TPSA) is 27.7 Å². The van der Waals surface area contributed by atoms with Crippen LogP contribution in [0.2, 0.25) is 0 Å². The fraction of sp³-hybridized carbons (Fsp3) is 0.667. The Bertz CT molecular complexity index is 380. The molecule has 0 unspecified atom stereocenters. The molecular weight excluding hydrogens is 264 g/mol. The van der Waals surface area contributed by atoms with Crippen molar-refractivity contribution in [3.05, 3.63) is 29.8 Å². The fourth-order valence-corrected chi connectivity index (χ4v) is 2.65. The predicted octanol–water partition coefficient (Wildman–Crippen LogP) is 4.72. The van der Waals surface area contributed by atoms with Crippen molar-refractivity contribution in [3.8, 4) is 5.75 Å². The average molecular weight is 292 g/mol. The second-order valence-electron chi connectivity index (χ2n) is 5.72. The SMILES string of the molecule is CCCCCCC1COC(c2ccc(OCC)cc2)OC1. The zero-order valence-corrected chi connectivity index (χ0v) is 13.3. The van der Waals surface area contributed by atoms with Crippen LogP contribution in [0.4, 0.5) is 0 Å². The van der Waals surface area contributed by atoms with Gasteiger partial charge >= 0.3 is 0 Å². The zero-order chi connectivity index (χ0) is 14.9. The molecule has 0 saturated carbocycles. The van der Waals surface area contributed by atoms with Crippen molar-refractivity contribution in [2.24, 2.45) is 5.92 Å². The Morgan fingerprint density at radius 3 is 2.33 bits per heavy atom. The maximum atomic E-state index is 5.87. The molecule has 0 N–H and O–H groups in total. The van der Waals surface area contributed by atoms with E-state index in [1.807, 2.05) is 31.2 Å². The minimum atomic E-state index is -0.215. The second kappa shape index (κ2) is 9.06. The third-order valence-electron chi connectivity index (χ3n) is 3.90. The summed E-state index contributed by atoms with van der Waals surface area (Å²) in [5.41, 5.74) is 1.07. The van der Waals surface area contributed by atoms with Crippen molar-refractivity contribution < 1.29 is 14.2 Å². The van der Waals surface area contributed by atoms with E-state index in [9.17, 15) is 0 Å². The van der Waals surface area contributed by atoms with Gasteiger partial charge in [0.25, 0.3) is 0 Å². The molecule has 0 aliphatic carbocycles. The Kier molecular flexibility index (Phi) is 7.04. The molecule has 1 aliphatic rings. The van der Waals surface area contributed by atoms with Crippen LogP contribution in [0.5, 0.6) is 5.75 Å². The van der Waals surface area contributed by atoms with Crippen molar-refractivity contribution in [1.82, 2.24) is 0 Å². The number of rotatable bonds is 8. The van der Waals surface area contributed by atoms with Crippen LogP contribution in [-0.4, -0.2) is 19.8 Å². The van der Waals surface area contributed by atoms with E-state index in [-0.39, 0.29) is 6.29 Å². The summed E-state index contributed by atoms with van der Waals surface area (Å²) < 4.78 is 17.2. The number of unbranched alkanes of at least 4 members (excludes halogenated alkanes) is 3. The highest BCUT2D eigenvalue weighted by atomic mass is 16.7. The highest BCUT2D eigenvalue weighted by Gasteiger charge is 2.23. The molecule has 1 saturated heterocycles. The van der Waals surface area contributed by atoms with Gasteiger partial charge in [0.15, 0.2) is 6.29 Å². The minimum Gasteiger partial charge on any atom is -0.494 e. The van der Waals surface area contributed by atoms with Crippen LogP contribution in [0, 0.1) is 5.92 Å². The van der Waals surface area contributed by atoms with Gasteiger partial charge in [-0.25, -0.2) is 0 Å². The lowest BCUT2D eigenvalue weighted by atomic mass is 10.0. The van der Waals surface area contributed by atoms with E-state index in [0.29, 0.717) is 12.5 Å². The van der Waals surface area contributed by atoms with Crippen LogP contribution in [0.3, 0.4) is 0 Å². The van der Waals surface area contributed by atoms with Crippen molar-refractivity contribution >= 4 is 0 Å². The van der Waals surface area contributed by atoms with Gasteiger partial charge in [-0.1, -0.05) is 44.7 Å². The van der Waals surface area contributed by atoms with Crippen LogP contribution < -0.4 is 4.74 Å². The summed E-state index contributed by atoms with van der Waals surface area (Å²) >= 11 is 0. The lowest BCUT2D eigenvalue weighted by molar-refractivity contribution is -0.206. The first-order valence-electron chi connectivity index (χ1n) is 8.29. The predicted molar refractivity (Wildman–Crippen MR) is 84.5 cm³/mol. The normalized spacial score (nSPS) is 22.2. The van der Waals surface area contributed by atoms with Crippen LogP contribution in [0.15, 0.2) is 24.3 Å². The molecule has 1 aromatic rings. The standard InChI is InChI=1S/C18H28O3/c1-3-5-6-7-8-15-13-20-18(21-14-15)16-9-11-17(12-10-16)19-4-2/h9-12,15,18H,3-8,13-14H2,1-2H3. The number of hydrogen-bond acceptors (Lipinski definition) is 3. The number of benzene rings is 1. The molecule has 0 amide bonds. The Morgan fingerprint density at radius 2 is 1.71 bits per heavy atom. The fourth-order valence-electron chi connectivity index (χ4n) is 2.65. The van der Waals surface area contributed by atoms with Gasteiger partial charge in [0.1, 0.15) is 5.75 Å². The quantitative estimate of drug-likeness (QED) is 0.649. The highest BCUT2D eigenvalue weighted by Crippen LogP contribution is 2.28. The average Bonchev–Trinajstić information content (AvgIpc) is 2.53. The van der Waals surface area contributed by atoms with Crippen molar-refractivity contribution in [2.75, 3.05) is 19.8 Å². The van der Waals surface area contributed by atoms with Crippen LogP contribution in [-0.2, 0) is 9.47 Å². The first-order chi connectivity index (χ1) is 10.3. The van der Waals surface area contributed by atoms with Crippen LogP contribution in [0.1, 0.15) is 57.8 Å². The van der Waals surface area contributed by atoms with E-state index in [4.69, 9.17) is 14.2 Å². The highest BCUT2D eigenvalue weighted by molar-refractivity contribution is 5.28. The lowest BCUT2D eigenvalue weighted by Crippen LogP contribution is -2.27. The Balaban J connectivity index is 1.73. The van der Waals surface area contributed by atoms with Crippen molar-refractivity contribution in [1.29, 1.82) is 0 Å². The molecular formula is C18H28O3. The number of hydrogen-bond donors (Lipinski definition) is 0. The molecule has 1 fully saturated rings. The summed E-state index contributed by atoms with van der Waals surface area (Å²) in [6, 6.07) is 8.00. The zero-order valence-electron chi connectivity index (χ0n) is 13.3. The van der Waals surface area contributed by atoms with Gasteiger partial charge in [-0.3, -0.25) is 0 Å². The van der Waals surface area contributed by atoms with E-state index in [2.05, 4.69) is 6.92 Å². The second-order valence-corrected chi connectivity index (χ2v) is 5.72. The molecule has 0 spiro atoms. The molecule has 1 heterocycles. The molecule has 1 aromatic carbocycles. The van der Waals surface area contributed by atoms with Gasteiger partial charge in [0.2, 0.25) is 0 Å². The van der Waals surface area contributed by atoms with Crippen molar-refractivity contribution in [3.63, 3.8) is 0 Å². The molecule has 2 rings (SSSR count). The first-order valence-corrected chi connectivity index (χ1v) is 8.29. The third-order valence-corrected chi connectivity index (χ3v) is 3.90. The van der Waals surface area contributed by atoms with Gasteiger partial charge < -0.3 is 14.2 Å². The summed E-state index contributed by atoms with van der Waals surface area (Å²) in [5.74, 6) is 1.45. The maximum Gasteiger partial charge on any atom is 0.183 e. The number of ether oxygens (including phenoxy) is 3. The Morgan fingerprint density at radius 1 is 1.00 bits per heavy atom. The largest absolute Gasteiger partial charge is 0.494 e. The maximum absolute atomic E-state index is 5.87. The molecule has 3 nitrogen and oxygen atoms in total. The molecule has 1 aliphatic heterocycles. The van der Waals surface area contributed by atoms with E-state index in [0.717, 1.165) is 24.5 Å². The van der Waals surface area contributed by atoms with E-state index in [1.165, 1.54) is 32.1 Å². The molecule has 21 heavy (non-hydrogen) atoms. The van der Waals surface area contributed by atoms with Gasteiger partial charge in [0.05, 0.1) is 19.8 Å². The molecule has 118 valence electrons. The smallest absolute Gasteiger partial charge is 0.183 e. The molecule has 0 bridgehead atoms. The summed E-state index contributed by atoms with van der Waals surface area (Å²) in [4.78, 5) is 0. The molecule has 0 radical (unpaired) electrons. The Hall–Kier alpha value is -1.06. The summed E-state index contributed by atoms with van der Waals surface area (Å²) in [5, 5.41) is 0. The van der Waals surface area contributed by atoms with Gasteiger partial charge in [0, 0.05) is 11.5 Å². The summed E-state index contributed by atoms with van der Waals surface area (Å²) in [6.07, 6.45) is 6.25. The van der Waals surface area contributed by atoms with Gasteiger partial charge in [-0.05, 0) is 25.5 Å². The van der Waals surface area contributed by atoms with E-state index >= 15 is 0 Å². The first kappa shape index (κ1) is 16.3. The summed E-state index contributed by atoms with van der Waals surface area (Å²) in [7, 11) is 0. The van der Waals surface area contributed by atoms with E-state index in [1.54, 1.807) is 0 Å². The van der Waals surface area contributed by atoms with Gasteiger partial charge in [-0.15, -0.1) is 0 Å². The van der Waals surface area contributed by atoms with Crippen LogP contribution >= 0.6 is 0 Å². The Labute approximate surface area is 128 Å². The summed E-state index contributed by atoms with van der Waals surface area (Å²) in [6.45, 7) is 6.54.